The van der Waals surface area contributed by atoms with Crippen molar-refractivity contribution < 1.29 is 0 Å². The minimum Gasteiger partial charge on any atom is -0.250 e. The first-order valence-corrected chi connectivity index (χ1v) is 17.0. The van der Waals surface area contributed by atoms with E-state index in [1.807, 2.05) is 6.07 Å². The van der Waals surface area contributed by atoms with Gasteiger partial charge in [0.25, 0.3) is 0 Å². The maximum absolute atomic E-state index is 5.25. The third kappa shape index (κ3) is 5.15. The minimum absolute atomic E-state index is 0.0581. The van der Waals surface area contributed by atoms with E-state index in [9.17, 15) is 0 Å². The molecule has 8 rings (SSSR count). The van der Waals surface area contributed by atoms with E-state index in [1.165, 1.54) is 10.1 Å². The van der Waals surface area contributed by atoms with Crippen LogP contribution in [-0.2, 0) is 10.8 Å². The highest BCUT2D eigenvalue weighted by Gasteiger charge is 2.22. The number of hydrogen-bond acceptors (Lipinski definition) is 5. The molecule has 4 nitrogen and oxygen atoms in total. The van der Waals surface area contributed by atoms with Crippen LogP contribution in [-0.4, -0.2) is 19.9 Å². The first-order valence-electron chi connectivity index (χ1n) is 16.2. The average Bonchev–Trinajstić information content (AvgIpc) is 3.45. The molecule has 5 heteroatoms. The number of aromatic nitrogens is 4. The Morgan fingerprint density at radius 1 is 0.489 bits per heavy atom. The number of nitrogens with zero attached hydrogens (tertiary/aromatic N) is 4. The zero-order valence-corrected chi connectivity index (χ0v) is 28.4. The van der Waals surface area contributed by atoms with Crippen molar-refractivity contribution >= 4 is 53.4 Å². The molecule has 47 heavy (non-hydrogen) atoms. The molecular formula is C42H36N4S. The summed E-state index contributed by atoms with van der Waals surface area (Å²) in [5.41, 5.74) is 10.2. The van der Waals surface area contributed by atoms with Gasteiger partial charge in [-0.15, -0.1) is 11.3 Å². The standard InChI is InChI=1S/C42H36N4S/c1-41(2,3)33-23-21-27-20-22-29-31(24-34(42(4,5)6)44-37(29)35(27)43-33)25-16-18-28(19-17-25)40-45-36(26-12-8-7-9-13-26)39-38(46-40)30-14-10-11-15-32(30)47-39/h7-24H,1-6H3. The highest BCUT2D eigenvalue weighted by Crippen LogP contribution is 2.40. The molecule has 0 atom stereocenters. The monoisotopic (exact) mass is 628 g/mol. The minimum atomic E-state index is -0.132. The molecule has 0 aliphatic rings. The Balaban J connectivity index is 1.31. The van der Waals surface area contributed by atoms with E-state index in [1.54, 1.807) is 11.3 Å². The van der Waals surface area contributed by atoms with Crippen molar-refractivity contribution in [3.63, 3.8) is 0 Å². The predicted molar refractivity (Wildman–Crippen MR) is 199 cm³/mol. The van der Waals surface area contributed by atoms with Gasteiger partial charge in [0.05, 0.1) is 26.9 Å². The summed E-state index contributed by atoms with van der Waals surface area (Å²) in [6.07, 6.45) is 0. The molecule has 0 aliphatic heterocycles. The molecule has 4 aromatic heterocycles. The second kappa shape index (κ2) is 10.8. The maximum Gasteiger partial charge on any atom is 0.160 e. The molecule has 0 saturated carbocycles. The Morgan fingerprint density at radius 2 is 1.15 bits per heavy atom. The molecule has 230 valence electrons. The molecule has 0 bridgehead atoms. The lowest BCUT2D eigenvalue weighted by molar-refractivity contribution is 0.570. The third-order valence-electron chi connectivity index (χ3n) is 8.90. The third-order valence-corrected chi connectivity index (χ3v) is 10.1. The molecule has 0 fully saturated rings. The van der Waals surface area contributed by atoms with Crippen molar-refractivity contribution in [2.45, 2.75) is 52.4 Å². The Bertz CT molecular complexity index is 2460. The second-order valence-electron chi connectivity index (χ2n) is 14.4. The van der Waals surface area contributed by atoms with Crippen LogP contribution in [0.3, 0.4) is 0 Å². The van der Waals surface area contributed by atoms with Gasteiger partial charge in [0.15, 0.2) is 5.82 Å². The summed E-state index contributed by atoms with van der Waals surface area (Å²) in [7, 11) is 0. The summed E-state index contributed by atoms with van der Waals surface area (Å²) >= 11 is 1.76. The maximum atomic E-state index is 5.25. The normalized spacial score (nSPS) is 12.5. The van der Waals surface area contributed by atoms with Crippen LogP contribution < -0.4 is 0 Å². The predicted octanol–water partition coefficient (Wildman–Crippen LogP) is 11.5. The lowest BCUT2D eigenvalue weighted by Gasteiger charge is -2.22. The Kier molecular flexibility index (Phi) is 6.75. The number of rotatable bonds is 3. The number of fused-ring (bicyclic) bond motifs is 6. The fourth-order valence-corrected chi connectivity index (χ4v) is 7.38. The van der Waals surface area contributed by atoms with Gasteiger partial charge in [0, 0.05) is 54.2 Å². The van der Waals surface area contributed by atoms with Gasteiger partial charge < -0.3 is 0 Å². The number of hydrogen-bond donors (Lipinski definition) is 0. The van der Waals surface area contributed by atoms with Gasteiger partial charge in [0.2, 0.25) is 0 Å². The van der Waals surface area contributed by atoms with Crippen LogP contribution in [0.2, 0.25) is 0 Å². The first kappa shape index (κ1) is 29.4. The largest absolute Gasteiger partial charge is 0.250 e. The van der Waals surface area contributed by atoms with Crippen molar-refractivity contribution in [1.82, 2.24) is 19.9 Å². The number of thiophene rings is 1. The van der Waals surface area contributed by atoms with Crippen LogP contribution in [0.4, 0.5) is 0 Å². The Labute approximate surface area is 279 Å². The lowest BCUT2D eigenvalue weighted by atomic mass is 9.87. The van der Waals surface area contributed by atoms with E-state index < -0.39 is 0 Å². The van der Waals surface area contributed by atoms with Crippen LogP contribution in [0.1, 0.15) is 52.9 Å². The summed E-state index contributed by atoms with van der Waals surface area (Å²) in [5.74, 6) is 0.728. The van der Waals surface area contributed by atoms with Gasteiger partial charge in [-0.1, -0.05) is 133 Å². The molecule has 0 unspecified atom stereocenters. The number of benzene rings is 4. The molecule has 0 amide bonds. The van der Waals surface area contributed by atoms with E-state index in [2.05, 4.69) is 145 Å². The Morgan fingerprint density at radius 3 is 1.89 bits per heavy atom. The summed E-state index contributed by atoms with van der Waals surface area (Å²) in [6.45, 7) is 13.3. The topological polar surface area (TPSA) is 51.6 Å². The fraction of sp³-hybridized carbons (Fsp3) is 0.190. The summed E-state index contributed by atoms with van der Waals surface area (Å²) in [6, 6.07) is 38.6. The van der Waals surface area contributed by atoms with Gasteiger partial charge in [-0.3, -0.25) is 0 Å². The average molecular weight is 629 g/mol. The molecular weight excluding hydrogens is 593 g/mol. The van der Waals surface area contributed by atoms with Crippen molar-refractivity contribution in [3.8, 4) is 33.8 Å². The molecule has 0 aliphatic carbocycles. The zero-order chi connectivity index (χ0) is 32.5. The van der Waals surface area contributed by atoms with E-state index in [-0.39, 0.29) is 10.8 Å². The van der Waals surface area contributed by atoms with E-state index in [4.69, 9.17) is 19.9 Å². The van der Waals surface area contributed by atoms with Crippen LogP contribution >= 0.6 is 11.3 Å². The van der Waals surface area contributed by atoms with Crippen LogP contribution in [0, 0.1) is 0 Å². The van der Waals surface area contributed by atoms with Gasteiger partial charge in [-0.05, 0) is 29.3 Å². The Hall–Kier alpha value is -5.00. The summed E-state index contributed by atoms with van der Waals surface area (Å²) in [5, 5.41) is 3.37. The molecule has 4 aromatic carbocycles. The van der Waals surface area contributed by atoms with E-state index in [0.29, 0.717) is 0 Å². The molecule has 8 aromatic rings. The SMILES string of the molecule is CC(C)(C)c1ccc2ccc3c(-c4ccc(-c5nc(-c6ccccc6)c6sc7ccccc7c6n5)cc4)cc(C(C)(C)C)nc3c2n1. The van der Waals surface area contributed by atoms with Gasteiger partial charge in [-0.25, -0.2) is 19.9 Å². The first-order chi connectivity index (χ1) is 22.5. The van der Waals surface area contributed by atoms with E-state index >= 15 is 0 Å². The lowest BCUT2D eigenvalue weighted by Crippen LogP contribution is -2.15. The van der Waals surface area contributed by atoms with Crippen molar-refractivity contribution in [2.75, 3.05) is 0 Å². The fourth-order valence-electron chi connectivity index (χ4n) is 6.22. The molecule has 0 N–H and O–H groups in total. The van der Waals surface area contributed by atoms with Gasteiger partial charge in [0.1, 0.15) is 0 Å². The quantitative estimate of drug-likeness (QED) is 0.183. The zero-order valence-electron chi connectivity index (χ0n) is 27.6. The molecule has 0 spiro atoms. The van der Waals surface area contributed by atoms with Crippen LogP contribution in [0.15, 0.2) is 109 Å². The molecule has 0 saturated heterocycles. The summed E-state index contributed by atoms with van der Waals surface area (Å²) < 4.78 is 2.34. The van der Waals surface area contributed by atoms with Crippen molar-refractivity contribution in [1.29, 1.82) is 0 Å². The van der Waals surface area contributed by atoms with Gasteiger partial charge in [-0.2, -0.15) is 0 Å². The van der Waals surface area contributed by atoms with Crippen LogP contribution in [0.25, 0.3) is 75.9 Å². The smallest absolute Gasteiger partial charge is 0.160 e. The van der Waals surface area contributed by atoms with Crippen molar-refractivity contribution in [3.05, 3.63) is 121 Å². The van der Waals surface area contributed by atoms with E-state index in [0.717, 1.165) is 77.2 Å². The highest BCUT2D eigenvalue weighted by atomic mass is 32.1. The molecule has 4 heterocycles. The second-order valence-corrected chi connectivity index (χ2v) is 15.5. The number of pyridine rings is 2. The van der Waals surface area contributed by atoms with Crippen LogP contribution in [0.5, 0.6) is 0 Å². The van der Waals surface area contributed by atoms with Gasteiger partial charge >= 0.3 is 0 Å². The highest BCUT2D eigenvalue weighted by molar-refractivity contribution is 7.26. The molecule has 0 radical (unpaired) electrons. The summed E-state index contributed by atoms with van der Waals surface area (Å²) in [4.78, 5) is 20.8. The van der Waals surface area contributed by atoms with Crippen molar-refractivity contribution in [2.24, 2.45) is 0 Å².